The van der Waals surface area contributed by atoms with Gasteiger partial charge in [-0.1, -0.05) is 18.9 Å². The summed E-state index contributed by atoms with van der Waals surface area (Å²) >= 11 is 0. The second-order valence-corrected chi connectivity index (χ2v) is 5.06. The average molecular weight is 276 g/mol. The number of esters is 1. The van der Waals surface area contributed by atoms with E-state index in [1.54, 1.807) is 6.07 Å². The van der Waals surface area contributed by atoms with E-state index in [0.717, 1.165) is 31.2 Å². The first-order valence-electron chi connectivity index (χ1n) is 6.63. The zero-order valence-corrected chi connectivity index (χ0v) is 11.4. The van der Waals surface area contributed by atoms with E-state index < -0.39 is 11.4 Å². The zero-order chi connectivity index (χ0) is 14.6. The standard InChI is InChI=1S/C15H17FN2O2/c1-20-14(19)15(6-2-3-7-15)18-10-11-4-5-13(16)12(8-11)9-17/h4-5,8,18H,2-3,6-7,10H2,1H3. The van der Waals surface area contributed by atoms with Crippen LogP contribution in [0, 0.1) is 17.1 Å². The van der Waals surface area contributed by atoms with Crippen LogP contribution in [-0.4, -0.2) is 18.6 Å². The number of carbonyl (C=O) groups excluding carboxylic acids is 1. The molecule has 1 saturated carbocycles. The maximum absolute atomic E-state index is 13.3. The number of methoxy groups -OCH3 is 1. The second kappa shape index (κ2) is 6.02. The lowest BCUT2D eigenvalue weighted by molar-refractivity contribution is -0.148. The van der Waals surface area contributed by atoms with E-state index in [4.69, 9.17) is 10.00 Å². The summed E-state index contributed by atoms with van der Waals surface area (Å²) in [5, 5.41) is 12.0. The molecule has 0 atom stereocenters. The molecule has 0 radical (unpaired) electrons. The highest BCUT2D eigenvalue weighted by Gasteiger charge is 2.41. The van der Waals surface area contributed by atoms with E-state index in [1.807, 2.05) is 6.07 Å². The van der Waals surface area contributed by atoms with E-state index in [1.165, 1.54) is 19.2 Å². The fourth-order valence-electron chi connectivity index (χ4n) is 2.67. The number of nitriles is 1. The number of hydrogen-bond acceptors (Lipinski definition) is 4. The Morgan fingerprint density at radius 3 is 2.80 bits per heavy atom. The molecule has 0 bridgehead atoms. The summed E-state index contributed by atoms with van der Waals surface area (Å²) in [7, 11) is 1.38. The van der Waals surface area contributed by atoms with E-state index in [0.29, 0.717) is 6.54 Å². The van der Waals surface area contributed by atoms with Crippen LogP contribution < -0.4 is 5.32 Å². The molecule has 0 spiro atoms. The molecule has 0 heterocycles. The minimum atomic E-state index is -0.643. The molecule has 0 amide bonds. The number of benzene rings is 1. The lowest BCUT2D eigenvalue weighted by Gasteiger charge is -2.27. The molecule has 0 saturated heterocycles. The molecule has 1 fully saturated rings. The summed E-state index contributed by atoms with van der Waals surface area (Å²) < 4.78 is 18.1. The molecular weight excluding hydrogens is 259 g/mol. The van der Waals surface area contributed by atoms with Crippen molar-refractivity contribution >= 4 is 5.97 Å². The molecule has 4 nitrogen and oxygen atoms in total. The molecule has 20 heavy (non-hydrogen) atoms. The van der Waals surface area contributed by atoms with E-state index in [-0.39, 0.29) is 11.5 Å². The van der Waals surface area contributed by atoms with Gasteiger partial charge in [0.2, 0.25) is 0 Å². The van der Waals surface area contributed by atoms with Gasteiger partial charge in [-0.05, 0) is 30.5 Å². The van der Waals surface area contributed by atoms with Crippen LogP contribution in [0.25, 0.3) is 0 Å². The van der Waals surface area contributed by atoms with Crippen molar-refractivity contribution < 1.29 is 13.9 Å². The molecule has 106 valence electrons. The number of nitrogens with one attached hydrogen (secondary N) is 1. The molecule has 0 aromatic heterocycles. The topological polar surface area (TPSA) is 62.1 Å². The molecular formula is C15H17FN2O2. The van der Waals surface area contributed by atoms with Crippen LogP contribution in [0.5, 0.6) is 0 Å². The Hall–Kier alpha value is -1.93. The van der Waals surface area contributed by atoms with Crippen LogP contribution >= 0.6 is 0 Å². The van der Waals surface area contributed by atoms with Crippen molar-refractivity contribution in [3.8, 4) is 6.07 Å². The number of hydrogen-bond donors (Lipinski definition) is 1. The Bertz CT molecular complexity index is 545. The molecule has 0 unspecified atom stereocenters. The molecule has 5 heteroatoms. The summed E-state index contributed by atoms with van der Waals surface area (Å²) in [5.74, 6) is -0.780. The van der Waals surface area contributed by atoms with Crippen LogP contribution in [0.1, 0.15) is 36.8 Å². The Labute approximate surface area is 117 Å². The predicted octanol–water partition coefficient (Wildman–Crippen LogP) is 2.27. The summed E-state index contributed by atoms with van der Waals surface area (Å²) in [5.41, 5.74) is 0.150. The van der Waals surface area contributed by atoms with Crippen molar-refractivity contribution in [1.82, 2.24) is 5.32 Å². The van der Waals surface area contributed by atoms with Gasteiger partial charge in [0, 0.05) is 6.54 Å². The van der Waals surface area contributed by atoms with Gasteiger partial charge in [-0.3, -0.25) is 10.1 Å². The third-order valence-electron chi connectivity index (χ3n) is 3.82. The number of ether oxygens (including phenoxy) is 1. The van der Waals surface area contributed by atoms with Gasteiger partial charge in [0.1, 0.15) is 17.4 Å². The lowest BCUT2D eigenvalue weighted by atomic mass is 9.97. The highest BCUT2D eigenvalue weighted by Crippen LogP contribution is 2.31. The van der Waals surface area contributed by atoms with Gasteiger partial charge in [-0.2, -0.15) is 5.26 Å². The van der Waals surface area contributed by atoms with Gasteiger partial charge in [-0.15, -0.1) is 0 Å². The van der Waals surface area contributed by atoms with Crippen molar-refractivity contribution in [2.45, 2.75) is 37.8 Å². The Kier molecular flexibility index (Phi) is 4.35. The van der Waals surface area contributed by atoms with Gasteiger partial charge in [0.25, 0.3) is 0 Å². The van der Waals surface area contributed by atoms with Crippen LogP contribution in [0.3, 0.4) is 0 Å². The summed E-state index contributed by atoms with van der Waals surface area (Å²) in [6, 6.07) is 6.20. The Morgan fingerprint density at radius 2 is 2.20 bits per heavy atom. The minimum Gasteiger partial charge on any atom is -0.468 e. The van der Waals surface area contributed by atoms with Crippen LogP contribution in [0.2, 0.25) is 0 Å². The summed E-state index contributed by atoms with van der Waals surface area (Å²) in [6.07, 6.45) is 3.45. The number of nitrogens with zero attached hydrogens (tertiary/aromatic N) is 1. The van der Waals surface area contributed by atoms with Gasteiger partial charge in [0.15, 0.2) is 0 Å². The first kappa shape index (κ1) is 14.5. The fraction of sp³-hybridized carbons (Fsp3) is 0.467. The second-order valence-electron chi connectivity index (χ2n) is 5.06. The fourth-order valence-corrected chi connectivity index (χ4v) is 2.67. The number of carbonyl (C=O) groups is 1. The van der Waals surface area contributed by atoms with Gasteiger partial charge in [0.05, 0.1) is 12.7 Å². The molecule has 2 rings (SSSR count). The van der Waals surface area contributed by atoms with E-state index in [9.17, 15) is 9.18 Å². The molecule has 1 aromatic rings. The lowest BCUT2D eigenvalue weighted by Crippen LogP contribution is -2.50. The predicted molar refractivity (Wildman–Crippen MR) is 71.2 cm³/mol. The third kappa shape index (κ3) is 2.81. The average Bonchev–Trinajstić information content (AvgIpc) is 2.95. The zero-order valence-electron chi connectivity index (χ0n) is 11.4. The highest BCUT2D eigenvalue weighted by atomic mass is 19.1. The molecule has 1 aliphatic carbocycles. The van der Waals surface area contributed by atoms with E-state index in [2.05, 4.69) is 5.32 Å². The minimum absolute atomic E-state index is 0.0165. The van der Waals surface area contributed by atoms with Gasteiger partial charge < -0.3 is 4.74 Å². The molecule has 0 aliphatic heterocycles. The normalized spacial score (nSPS) is 16.6. The van der Waals surface area contributed by atoms with Crippen LogP contribution in [0.4, 0.5) is 4.39 Å². The smallest absolute Gasteiger partial charge is 0.326 e. The van der Waals surface area contributed by atoms with Crippen molar-refractivity contribution in [2.75, 3.05) is 7.11 Å². The Balaban J connectivity index is 2.11. The highest BCUT2D eigenvalue weighted by molar-refractivity contribution is 5.81. The van der Waals surface area contributed by atoms with Crippen LogP contribution in [-0.2, 0) is 16.1 Å². The summed E-state index contributed by atoms with van der Waals surface area (Å²) in [6.45, 7) is 0.407. The molecule has 1 N–H and O–H groups in total. The van der Waals surface area contributed by atoms with Crippen molar-refractivity contribution in [2.24, 2.45) is 0 Å². The van der Waals surface area contributed by atoms with Crippen molar-refractivity contribution in [3.05, 3.63) is 35.1 Å². The first-order valence-corrected chi connectivity index (χ1v) is 6.63. The monoisotopic (exact) mass is 276 g/mol. The maximum Gasteiger partial charge on any atom is 0.326 e. The number of halogens is 1. The first-order chi connectivity index (χ1) is 9.61. The van der Waals surface area contributed by atoms with Crippen LogP contribution in [0.15, 0.2) is 18.2 Å². The maximum atomic E-state index is 13.3. The largest absolute Gasteiger partial charge is 0.468 e. The molecule has 1 aliphatic rings. The molecule has 1 aromatic carbocycles. The number of rotatable bonds is 4. The SMILES string of the molecule is COC(=O)C1(NCc2ccc(F)c(C#N)c2)CCCC1. The van der Waals surface area contributed by atoms with E-state index >= 15 is 0 Å². The third-order valence-corrected chi connectivity index (χ3v) is 3.82. The Morgan fingerprint density at radius 1 is 1.50 bits per heavy atom. The quantitative estimate of drug-likeness (QED) is 0.857. The summed E-state index contributed by atoms with van der Waals surface area (Å²) in [4.78, 5) is 11.9. The van der Waals surface area contributed by atoms with Crippen molar-refractivity contribution in [3.63, 3.8) is 0 Å². The van der Waals surface area contributed by atoms with Crippen molar-refractivity contribution in [1.29, 1.82) is 5.26 Å². The van der Waals surface area contributed by atoms with Gasteiger partial charge >= 0.3 is 5.97 Å². The van der Waals surface area contributed by atoms with Gasteiger partial charge in [-0.25, -0.2) is 4.39 Å².